The van der Waals surface area contributed by atoms with E-state index in [4.69, 9.17) is 15.2 Å². The fourth-order valence-electron chi connectivity index (χ4n) is 5.79. The number of nitrogens with zero attached hydrogens (tertiary/aromatic N) is 1. The molecule has 1 aromatic heterocycles. The van der Waals surface area contributed by atoms with Crippen LogP contribution >= 0.6 is 0 Å². The largest absolute Gasteiger partial charge is 0.489 e. The van der Waals surface area contributed by atoms with E-state index in [1.807, 2.05) is 18.2 Å². The summed E-state index contributed by atoms with van der Waals surface area (Å²) in [5.41, 5.74) is 8.00. The number of alkyl halides is 3. The summed E-state index contributed by atoms with van der Waals surface area (Å²) in [4.78, 5) is 15.9. The maximum absolute atomic E-state index is 13.5. The molecule has 2 aliphatic heterocycles. The number of carbonyl (C=O) groups excluding carboxylic acids is 1. The molecule has 7 rings (SSSR count). The van der Waals surface area contributed by atoms with Crippen LogP contribution in [0.5, 0.6) is 17.2 Å². The second-order valence-corrected chi connectivity index (χ2v) is 11.0. The number of ether oxygens (including phenoxy) is 2. The van der Waals surface area contributed by atoms with Crippen molar-refractivity contribution < 1.29 is 27.4 Å². The first-order valence-corrected chi connectivity index (χ1v) is 13.2. The van der Waals surface area contributed by atoms with Gasteiger partial charge in [0, 0.05) is 54.2 Å². The van der Waals surface area contributed by atoms with E-state index in [1.54, 1.807) is 18.3 Å². The maximum atomic E-state index is 13.5. The zero-order chi connectivity index (χ0) is 26.9. The number of hydrogen-bond acceptors (Lipinski definition) is 6. The Balaban J connectivity index is 1.02. The van der Waals surface area contributed by atoms with Crippen molar-refractivity contribution in [2.24, 2.45) is 11.7 Å². The molecule has 0 radical (unpaired) electrons. The zero-order valence-corrected chi connectivity index (χ0v) is 21.0. The van der Waals surface area contributed by atoms with Crippen LogP contribution in [0.3, 0.4) is 0 Å². The summed E-state index contributed by atoms with van der Waals surface area (Å²) >= 11 is 0. The number of nitrogens with two attached hydrogens (primary N) is 1. The molecular formula is C29H27F3N4O3. The lowest BCUT2D eigenvalue weighted by Crippen LogP contribution is -2.23. The smallest absolute Gasteiger partial charge is 0.416 e. The van der Waals surface area contributed by atoms with E-state index in [0.717, 1.165) is 16.9 Å². The van der Waals surface area contributed by atoms with Crippen LogP contribution in [0.25, 0.3) is 0 Å². The molecule has 7 nitrogen and oxygen atoms in total. The molecule has 2 aliphatic carbocycles. The van der Waals surface area contributed by atoms with E-state index < -0.39 is 17.3 Å². The molecule has 3 atom stereocenters. The third kappa shape index (κ3) is 4.51. The summed E-state index contributed by atoms with van der Waals surface area (Å²) in [5, 5.41) is 6.12. The summed E-state index contributed by atoms with van der Waals surface area (Å²) in [6.45, 7) is 0.944. The van der Waals surface area contributed by atoms with Gasteiger partial charge in [-0.05, 0) is 66.8 Å². The van der Waals surface area contributed by atoms with Gasteiger partial charge < -0.3 is 25.8 Å². The number of hydrogen-bond donors (Lipinski definition) is 3. The summed E-state index contributed by atoms with van der Waals surface area (Å²) in [6, 6.07) is 11.7. The zero-order valence-electron chi connectivity index (χ0n) is 21.0. The van der Waals surface area contributed by atoms with Gasteiger partial charge in [0.15, 0.2) is 0 Å². The van der Waals surface area contributed by atoms with Crippen LogP contribution in [-0.2, 0) is 29.5 Å². The Labute approximate surface area is 222 Å². The van der Waals surface area contributed by atoms with E-state index in [0.29, 0.717) is 67.2 Å². The number of fused-ring (bicyclic) bond motifs is 4. The Kier molecular flexibility index (Phi) is 5.44. The minimum absolute atomic E-state index is 0.0440. The summed E-state index contributed by atoms with van der Waals surface area (Å²) in [6.07, 6.45) is -0.395. The lowest BCUT2D eigenvalue weighted by atomic mass is 9.98. The molecule has 2 aromatic carbocycles. The summed E-state index contributed by atoms with van der Waals surface area (Å²) in [5.74, 6) is 3.08. The monoisotopic (exact) mass is 536 g/mol. The van der Waals surface area contributed by atoms with E-state index in [9.17, 15) is 18.0 Å². The lowest BCUT2D eigenvalue weighted by Gasteiger charge is -2.19. The Morgan fingerprint density at radius 3 is 2.79 bits per heavy atom. The van der Waals surface area contributed by atoms with Crippen LogP contribution in [0.4, 0.5) is 19.0 Å². The lowest BCUT2D eigenvalue weighted by molar-refractivity contribution is -0.137. The van der Waals surface area contributed by atoms with Crippen LogP contribution in [0.15, 0.2) is 48.7 Å². The van der Waals surface area contributed by atoms with Gasteiger partial charge in [-0.15, -0.1) is 0 Å². The highest BCUT2D eigenvalue weighted by atomic mass is 19.4. The van der Waals surface area contributed by atoms with E-state index in [2.05, 4.69) is 15.6 Å². The molecule has 39 heavy (non-hydrogen) atoms. The molecule has 0 saturated heterocycles. The number of pyridine rings is 1. The van der Waals surface area contributed by atoms with Crippen LogP contribution in [0.2, 0.25) is 0 Å². The molecular weight excluding hydrogens is 509 g/mol. The Morgan fingerprint density at radius 1 is 1.15 bits per heavy atom. The minimum Gasteiger partial charge on any atom is -0.489 e. The Morgan fingerprint density at radius 2 is 2.00 bits per heavy atom. The third-order valence-corrected chi connectivity index (χ3v) is 8.19. The van der Waals surface area contributed by atoms with E-state index in [-0.39, 0.29) is 23.8 Å². The standard InChI is InChI=1S/C29H27F3N4O3/c30-29(31,32)17-10-15(9-16(11-17)28(33)6-7-28)13-34-14-21-25-20-12-18(1-3-22(20)39-26(21)25)38-23-5-8-35-27-19(23)2-4-24(37)36-27/h1,3,5,8-12,21,25-26,34H,2,4,6-7,13-14,33H2,(H,35,36,37)/t21?,25-,26?/m0/s1. The number of halogens is 3. The minimum atomic E-state index is -4.41. The van der Waals surface area contributed by atoms with Gasteiger partial charge in [0.25, 0.3) is 0 Å². The highest BCUT2D eigenvalue weighted by molar-refractivity contribution is 5.93. The van der Waals surface area contributed by atoms with Crippen molar-refractivity contribution in [3.05, 3.63) is 76.5 Å². The molecule has 0 spiro atoms. The highest BCUT2D eigenvalue weighted by Gasteiger charge is 2.58. The van der Waals surface area contributed by atoms with Gasteiger partial charge in [-0.2, -0.15) is 13.2 Å². The quantitative estimate of drug-likeness (QED) is 0.394. The molecule has 4 N–H and O–H groups in total. The van der Waals surface area contributed by atoms with E-state index >= 15 is 0 Å². The van der Waals surface area contributed by atoms with Crippen LogP contribution < -0.4 is 25.8 Å². The Hall–Kier alpha value is -3.63. The molecule has 3 heterocycles. The number of aromatic nitrogens is 1. The van der Waals surface area contributed by atoms with Gasteiger partial charge in [0.05, 0.1) is 5.56 Å². The van der Waals surface area contributed by atoms with Gasteiger partial charge in [0.2, 0.25) is 5.91 Å². The van der Waals surface area contributed by atoms with Crippen molar-refractivity contribution in [3.63, 3.8) is 0 Å². The van der Waals surface area contributed by atoms with Crippen molar-refractivity contribution >= 4 is 11.7 Å². The number of nitrogens with one attached hydrogen (secondary N) is 2. The predicted octanol–water partition coefficient (Wildman–Crippen LogP) is 4.99. The normalized spacial score (nSPS) is 23.7. The number of amides is 1. The van der Waals surface area contributed by atoms with Gasteiger partial charge in [-0.25, -0.2) is 4.98 Å². The second-order valence-electron chi connectivity index (χ2n) is 11.0. The van der Waals surface area contributed by atoms with Gasteiger partial charge in [-0.3, -0.25) is 4.79 Å². The average Bonchev–Trinajstić information content (AvgIpc) is 3.78. The van der Waals surface area contributed by atoms with E-state index in [1.165, 1.54) is 12.1 Å². The first-order valence-electron chi connectivity index (χ1n) is 13.2. The third-order valence-electron chi connectivity index (χ3n) is 8.19. The number of benzene rings is 2. The van der Waals surface area contributed by atoms with Crippen molar-refractivity contribution in [3.8, 4) is 17.2 Å². The van der Waals surface area contributed by atoms with Crippen LogP contribution in [0, 0.1) is 5.92 Å². The summed E-state index contributed by atoms with van der Waals surface area (Å²) in [7, 11) is 0. The van der Waals surface area contributed by atoms with Crippen molar-refractivity contribution in [1.82, 2.24) is 10.3 Å². The maximum Gasteiger partial charge on any atom is 0.416 e. The topological polar surface area (TPSA) is 98.5 Å². The molecule has 2 fully saturated rings. The van der Waals surface area contributed by atoms with Crippen LogP contribution in [-0.4, -0.2) is 23.5 Å². The van der Waals surface area contributed by atoms with Crippen molar-refractivity contribution in [2.75, 3.05) is 11.9 Å². The average molecular weight is 537 g/mol. The molecule has 0 bridgehead atoms. The van der Waals surface area contributed by atoms with Gasteiger partial charge in [0.1, 0.15) is 29.2 Å². The second kappa shape index (κ2) is 8.69. The van der Waals surface area contributed by atoms with Crippen molar-refractivity contribution in [1.29, 1.82) is 0 Å². The molecule has 202 valence electrons. The number of anilines is 1. The highest BCUT2D eigenvalue weighted by Crippen LogP contribution is 2.58. The first kappa shape index (κ1) is 24.4. The molecule has 10 heteroatoms. The van der Waals surface area contributed by atoms with Gasteiger partial charge in [-0.1, -0.05) is 6.07 Å². The van der Waals surface area contributed by atoms with Crippen LogP contribution in [0.1, 0.15) is 53.0 Å². The fourth-order valence-corrected chi connectivity index (χ4v) is 5.79. The molecule has 4 aliphatic rings. The Bertz CT molecular complexity index is 1460. The fraction of sp³-hybridized carbons (Fsp3) is 0.379. The molecule has 3 aromatic rings. The SMILES string of the molecule is NC1(c2cc(CNCC3C4Oc5ccc(Oc6ccnc7c6CCC(=O)N7)cc5[C@@H]34)cc(C(F)(F)F)c2)CC1. The first-order chi connectivity index (χ1) is 18.7. The molecule has 1 amide bonds. The summed E-state index contributed by atoms with van der Waals surface area (Å²) < 4.78 is 52.7. The van der Waals surface area contributed by atoms with Gasteiger partial charge >= 0.3 is 6.18 Å². The number of carbonyl (C=O) groups is 1. The predicted molar refractivity (Wildman–Crippen MR) is 137 cm³/mol. The molecule has 2 saturated carbocycles. The molecule has 2 unspecified atom stereocenters. The van der Waals surface area contributed by atoms with Crippen molar-refractivity contribution in [2.45, 2.75) is 56.0 Å². The number of rotatable bonds is 7.